The van der Waals surface area contributed by atoms with Crippen LogP contribution in [0.2, 0.25) is 0 Å². The highest BCUT2D eigenvalue weighted by Gasteiger charge is 2.08. The zero-order valence-corrected chi connectivity index (χ0v) is 9.39. The van der Waals surface area contributed by atoms with E-state index in [9.17, 15) is 0 Å². The second-order valence-corrected chi connectivity index (χ2v) is 4.57. The summed E-state index contributed by atoms with van der Waals surface area (Å²) >= 11 is 0. The van der Waals surface area contributed by atoms with E-state index in [1.54, 1.807) is 0 Å². The monoisotopic (exact) mass is 183 g/mol. The van der Waals surface area contributed by atoms with Gasteiger partial charge in [0, 0.05) is 0 Å². The summed E-state index contributed by atoms with van der Waals surface area (Å²) in [5.74, 6) is 1.02. The fourth-order valence-corrected chi connectivity index (χ4v) is 2.31. The van der Waals surface area contributed by atoms with Crippen molar-refractivity contribution < 1.29 is 0 Å². The van der Waals surface area contributed by atoms with Crippen LogP contribution in [-0.2, 0) is 0 Å². The van der Waals surface area contributed by atoms with Gasteiger partial charge in [-0.25, -0.2) is 0 Å². The molecule has 1 heterocycles. The fourth-order valence-electron chi connectivity index (χ4n) is 2.31. The summed E-state index contributed by atoms with van der Waals surface area (Å²) in [5.41, 5.74) is 0. The Morgan fingerprint density at radius 3 is 2.46 bits per heavy atom. The zero-order valence-electron chi connectivity index (χ0n) is 9.39. The van der Waals surface area contributed by atoms with E-state index in [4.69, 9.17) is 0 Å². The maximum atomic E-state index is 2.50. The average molecular weight is 183 g/mol. The van der Waals surface area contributed by atoms with Crippen molar-refractivity contribution in [3.8, 4) is 0 Å². The van der Waals surface area contributed by atoms with Crippen LogP contribution in [-0.4, -0.2) is 25.0 Å². The first kappa shape index (κ1) is 11.0. The molecule has 1 rings (SSSR count). The molecule has 0 N–H and O–H groups in total. The smallest absolute Gasteiger partial charge is 0.00217 e. The molecule has 78 valence electrons. The van der Waals surface area contributed by atoms with Gasteiger partial charge < -0.3 is 4.90 Å². The van der Waals surface area contributed by atoms with Crippen LogP contribution in [0.3, 0.4) is 0 Å². The summed E-state index contributed by atoms with van der Waals surface area (Å²) in [6.07, 6.45) is 10.1. The largest absolute Gasteiger partial charge is 0.306 e. The van der Waals surface area contributed by atoms with Crippen LogP contribution in [0.4, 0.5) is 0 Å². The third kappa shape index (κ3) is 4.66. The predicted molar refractivity (Wildman–Crippen MR) is 59.0 cm³/mol. The SMILES string of the molecule is CCC1CCCCCN(C)CCC1. The normalized spacial score (nSPS) is 28.6. The van der Waals surface area contributed by atoms with Gasteiger partial charge in [-0.3, -0.25) is 0 Å². The van der Waals surface area contributed by atoms with Crippen molar-refractivity contribution >= 4 is 0 Å². The Labute approximate surface area is 83.5 Å². The second kappa shape index (κ2) is 6.42. The topological polar surface area (TPSA) is 3.24 Å². The number of hydrogen-bond acceptors (Lipinski definition) is 1. The van der Waals surface area contributed by atoms with Crippen molar-refractivity contribution in [2.45, 2.75) is 51.9 Å². The summed E-state index contributed by atoms with van der Waals surface area (Å²) < 4.78 is 0. The lowest BCUT2D eigenvalue weighted by molar-refractivity contribution is 0.281. The Morgan fingerprint density at radius 2 is 1.69 bits per heavy atom. The van der Waals surface area contributed by atoms with Gasteiger partial charge in [0.25, 0.3) is 0 Å². The van der Waals surface area contributed by atoms with Crippen LogP contribution in [0.1, 0.15) is 51.9 Å². The van der Waals surface area contributed by atoms with Gasteiger partial charge in [0.2, 0.25) is 0 Å². The lowest BCUT2D eigenvalue weighted by atomic mass is 9.93. The van der Waals surface area contributed by atoms with E-state index in [0.717, 1.165) is 5.92 Å². The molecule has 1 saturated heterocycles. The molecule has 1 fully saturated rings. The first-order chi connectivity index (χ1) is 6.33. The highest BCUT2D eigenvalue weighted by molar-refractivity contribution is 4.63. The number of hydrogen-bond donors (Lipinski definition) is 0. The van der Waals surface area contributed by atoms with Crippen molar-refractivity contribution in [3.63, 3.8) is 0 Å². The third-order valence-electron chi connectivity index (χ3n) is 3.38. The van der Waals surface area contributed by atoms with E-state index < -0.39 is 0 Å². The molecule has 0 radical (unpaired) electrons. The zero-order chi connectivity index (χ0) is 9.52. The van der Waals surface area contributed by atoms with Gasteiger partial charge in [-0.2, -0.15) is 0 Å². The molecule has 13 heavy (non-hydrogen) atoms. The molecular formula is C12H25N. The van der Waals surface area contributed by atoms with Crippen molar-refractivity contribution in [3.05, 3.63) is 0 Å². The molecule has 0 aromatic rings. The Kier molecular flexibility index (Phi) is 5.45. The highest BCUT2D eigenvalue weighted by atomic mass is 15.1. The van der Waals surface area contributed by atoms with Gasteiger partial charge in [-0.15, -0.1) is 0 Å². The highest BCUT2D eigenvalue weighted by Crippen LogP contribution is 2.20. The van der Waals surface area contributed by atoms with Crippen molar-refractivity contribution in [1.29, 1.82) is 0 Å². The second-order valence-electron chi connectivity index (χ2n) is 4.57. The first-order valence-corrected chi connectivity index (χ1v) is 6.01. The van der Waals surface area contributed by atoms with Gasteiger partial charge in [0.05, 0.1) is 0 Å². The van der Waals surface area contributed by atoms with Gasteiger partial charge in [0.1, 0.15) is 0 Å². The Hall–Kier alpha value is -0.0400. The van der Waals surface area contributed by atoms with E-state index in [-0.39, 0.29) is 0 Å². The van der Waals surface area contributed by atoms with E-state index in [2.05, 4.69) is 18.9 Å². The lowest BCUT2D eigenvalue weighted by Gasteiger charge is -2.21. The predicted octanol–water partition coefficient (Wildman–Crippen LogP) is 3.30. The molecule has 0 amide bonds. The van der Waals surface area contributed by atoms with E-state index in [0.29, 0.717) is 0 Å². The summed E-state index contributed by atoms with van der Waals surface area (Å²) in [6.45, 7) is 4.98. The number of rotatable bonds is 1. The molecule has 0 saturated carbocycles. The molecule has 1 aliphatic rings. The molecular weight excluding hydrogens is 158 g/mol. The molecule has 0 aliphatic carbocycles. The maximum Gasteiger partial charge on any atom is -0.00217 e. The van der Waals surface area contributed by atoms with Crippen LogP contribution in [0, 0.1) is 5.92 Å². The summed E-state index contributed by atoms with van der Waals surface area (Å²) in [7, 11) is 2.27. The summed E-state index contributed by atoms with van der Waals surface area (Å²) in [5, 5.41) is 0. The van der Waals surface area contributed by atoms with Gasteiger partial charge >= 0.3 is 0 Å². The van der Waals surface area contributed by atoms with E-state index >= 15 is 0 Å². The Balaban J connectivity index is 2.25. The standard InChI is InChI=1S/C12H25N/c1-3-12-8-5-4-6-10-13(2)11-7-9-12/h12H,3-11H2,1-2H3. The average Bonchev–Trinajstić information content (AvgIpc) is 2.15. The van der Waals surface area contributed by atoms with Crippen molar-refractivity contribution in [2.75, 3.05) is 20.1 Å². The minimum absolute atomic E-state index is 1.02. The summed E-state index contributed by atoms with van der Waals surface area (Å²) in [4.78, 5) is 2.50. The minimum atomic E-state index is 1.02. The summed E-state index contributed by atoms with van der Waals surface area (Å²) in [6, 6.07) is 0. The van der Waals surface area contributed by atoms with Crippen molar-refractivity contribution in [2.24, 2.45) is 5.92 Å². The third-order valence-corrected chi connectivity index (χ3v) is 3.38. The van der Waals surface area contributed by atoms with Crippen LogP contribution in [0.5, 0.6) is 0 Å². The van der Waals surface area contributed by atoms with E-state index in [1.165, 1.54) is 58.0 Å². The molecule has 1 nitrogen and oxygen atoms in total. The van der Waals surface area contributed by atoms with Gasteiger partial charge in [-0.05, 0) is 45.3 Å². The molecule has 1 atom stereocenters. The molecule has 0 bridgehead atoms. The van der Waals surface area contributed by atoms with Crippen LogP contribution in [0.15, 0.2) is 0 Å². The Morgan fingerprint density at radius 1 is 1.00 bits per heavy atom. The molecule has 1 unspecified atom stereocenters. The molecule has 1 aliphatic heterocycles. The molecule has 0 aromatic carbocycles. The van der Waals surface area contributed by atoms with Crippen molar-refractivity contribution in [1.82, 2.24) is 4.90 Å². The van der Waals surface area contributed by atoms with Gasteiger partial charge in [-0.1, -0.05) is 32.6 Å². The molecule has 0 aromatic heterocycles. The van der Waals surface area contributed by atoms with E-state index in [1.807, 2.05) is 0 Å². The van der Waals surface area contributed by atoms with Crippen LogP contribution < -0.4 is 0 Å². The van der Waals surface area contributed by atoms with Crippen LogP contribution in [0.25, 0.3) is 0 Å². The molecule has 0 spiro atoms. The lowest BCUT2D eigenvalue weighted by Crippen LogP contribution is -2.22. The first-order valence-electron chi connectivity index (χ1n) is 6.01. The minimum Gasteiger partial charge on any atom is -0.306 e. The maximum absolute atomic E-state index is 2.50. The fraction of sp³-hybridized carbons (Fsp3) is 1.00. The quantitative estimate of drug-likeness (QED) is 0.603. The number of nitrogens with zero attached hydrogens (tertiary/aromatic N) is 1. The van der Waals surface area contributed by atoms with Gasteiger partial charge in [0.15, 0.2) is 0 Å². The van der Waals surface area contributed by atoms with Crippen LogP contribution >= 0.6 is 0 Å². The molecule has 1 heteroatoms. The Bertz CT molecular complexity index is 122.